The SMILES string of the molecule is CCc1nc(CC(=O)Nc2cc(S(=O)(=O)C(F)(F)F)ccc2OC)cs1. The van der Waals surface area contributed by atoms with Crippen LogP contribution in [0.25, 0.3) is 0 Å². The highest BCUT2D eigenvalue weighted by Gasteiger charge is 2.47. The van der Waals surface area contributed by atoms with Gasteiger partial charge in [0.2, 0.25) is 5.91 Å². The third-order valence-electron chi connectivity index (χ3n) is 3.30. The van der Waals surface area contributed by atoms with Crippen molar-refractivity contribution in [3.63, 3.8) is 0 Å². The largest absolute Gasteiger partial charge is 0.501 e. The molecule has 1 amide bonds. The minimum absolute atomic E-state index is 0.0343. The Morgan fingerprint density at radius 2 is 2.04 bits per heavy atom. The lowest BCUT2D eigenvalue weighted by molar-refractivity contribution is -0.115. The molecule has 0 spiro atoms. The fourth-order valence-corrected chi connectivity index (χ4v) is 3.57. The molecule has 26 heavy (non-hydrogen) atoms. The van der Waals surface area contributed by atoms with Gasteiger partial charge in [0.15, 0.2) is 0 Å². The number of methoxy groups -OCH3 is 1. The standard InChI is InChI=1S/C15H15F3N2O4S2/c1-3-14-19-9(8-25-14)6-13(21)20-11-7-10(4-5-12(11)24-2)26(22,23)15(16,17)18/h4-5,7-8H,3,6H2,1-2H3,(H,20,21). The van der Waals surface area contributed by atoms with Gasteiger partial charge in [-0.15, -0.1) is 11.3 Å². The maximum atomic E-state index is 12.7. The van der Waals surface area contributed by atoms with Crippen molar-refractivity contribution in [1.29, 1.82) is 0 Å². The molecule has 0 bridgehead atoms. The molecule has 11 heteroatoms. The van der Waals surface area contributed by atoms with Crippen LogP contribution < -0.4 is 10.1 Å². The molecule has 0 aliphatic rings. The number of hydrogen-bond donors (Lipinski definition) is 1. The van der Waals surface area contributed by atoms with Crippen molar-refractivity contribution >= 4 is 32.8 Å². The van der Waals surface area contributed by atoms with Crippen LogP contribution in [-0.2, 0) is 27.5 Å². The summed E-state index contributed by atoms with van der Waals surface area (Å²) in [7, 11) is -4.29. The van der Waals surface area contributed by atoms with Crippen LogP contribution in [0, 0.1) is 0 Å². The number of alkyl halides is 3. The highest BCUT2D eigenvalue weighted by Crippen LogP contribution is 2.34. The summed E-state index contributed by atoms with van der Waals surface area (Å²) in [4.78, 5) is 15.4. The van der Waals surface area contributed by atoms with Crippen LogP contribution in [0.5, 0.6) is 5.75 Å². The van der Waals surface area contributed by atoms with Crippen LogP contribution in [-0.4, -0.2) is 31.9 Å². The quantitative estimate of drug-likeness (QED) is 0.794. The van der Waals surface area contributed by atoms with Crippen molar-refractivity contribution in [1.82, 2.24) is 4.98 Å². The molecular formula is C15H15F3N2O4S2. The lowest BCUT2D eigenvalue weighted by Gasteiger charge is -2.13. The van der Waals surface area contributed by atoms with Crippen molar-refractivity contribution in [3.05, 3.63) is 34.3 Å². The Hall–Kier alpha value is -2.14. The number of nitrogens with one attached hydrogen (secondary N) is 1. The van der Waals surface area contributed by atoms with E-state index in [1.807, 2.05) is 6.92 Å². The molecule has 2 aromatic rings. The number of hydrogen-bond acceptors (Lipinski definition) is 6. The lowest BCUT2D eigenvalue weighted by atomic mass is 10.2. The van der Waals surface area contributed by atoms with E-state index in [9.17, 15) is 26.4 Å². The van der Waals surface area contributed by atoms with Crippen LogP contribution in [0.1, 0.15) is 17.6 Å². The molecule has 2 rings (SSSR count). The first-order valence-corrected chi connectivity index (χ1v) is 9.67. The average molecular weight is 408 g/mol. The molecule has 0 atom stereocenters. The zero-order valence-corrected chi connectivity index (χ0v) is 15.4. The Bertz CT molecular complexity index is 908. The molecule has 0 fully saturated rings. The third kappa shape index (κ3) is 4.33. The summed E-state index contributed by atoms with van der Waals surface area (Å²) in [5.41, 5.74) is -5.10. The van der Waals surface area contributed by atoms with Crippen LogP contribution in [0.15, 0.2) is 28.5 Å². The minimum atomic E-state index is -5.54. The molecule has 142 valence electrons. The van der Waals surface area contributed by atoms with Crippen molar-refractivity contribution in [2.45, 2.75) is 30.2 Å². The Kier molecular flexibility index (Phi) is 5.91. The average Bonchev–Trinajstić information content (AvgIpc) is 3.01. The first-order valence-electron chi connectivity index (χ1n) is 7.31. The smallest absolute Gasteiger partial charge is 0.495 e. The number of sulfone groups is 1. The minimum Gasteiger partial charge on any atom is -0.495 e. The van der Waals surface area contributed by atoms with Gasteiger partial charge in [0, 0.05) is 5.38 Å². The Morgan fingerprint density at radius 1 is 1.35 bits per heavy atom. The molecule has 1 N–H and O–H groups in total. The number of rotatable bonds is 6. The second-order valence-corrected chi connectivity index (χ2v) is 8.01. The van der Waals surface area contributed by atoms with Gasteiger partial charge in [0.1, 0.15) is 5.75 Å². The van der Waals surface area contributed by atoms with E-state index < -0.39 is 26.1 Å². The first kappa shape index (κ1) is 20.2. The lowest BCUT2D eigenvalue weighted by Crippen LogP contribution is -2.23. The molecule has 0 aliphatic heterocycles. The van der Waals surface area contributed by atoms with Crippen LogP contribution in [0.4, 0.5) is 18.9 Å². The second kappa shape index (κ2) is 7.62. The normalized spacial score (nSPS) is 12.0. The summed E-state index contributed by atoms with van der Waals surface area (Å²) in [6.45, 7) is 1.92. The Labute approximate surface area is 151 Å². The maximum absolute atomic E-state index is 12.7. The number of thiazole rings is 1. The third-order valence-corrected chi connectivity index (χ3v) is 5.83. The van der Waals surface area contributed by atoms with E-state index in [1.165, 1.54) is 18.4 Å². The van der Waals surface area contributed by atoms with Gasteiger partial charge in [-0.05, 0) is 24.6 Å². The van der Waals surface area contributed by atoms with Crippen molar-refractivity contribution in [3.8, 4) is 5.75 Å². The van der Waals surface area contributed by atoms with Gasteiger partial charge in [-0.1, -0.05) is 6.92 Å². The second-order valence-electron chi connectivity index (χ2n) is 5.12. The molecule has 0 unspecified atom stereocenters. The molecule has 1 aromatic heterocycles. The van der Waals surface area contributed by atoms with Gasteiger partial charge in [0.25, 0.3) is 9.84 Å². The van der Waals surface area contributed by atoms with E-state index in [-0.39, 0.29) is 17.9 Å². The summed E-state index contributed by atoms with van der Waals surface area (Å²) in [6.07, 6.45) is 0.618. The molecule has 1 aromatic carbocycles. The van der Waals surface area contributed by atoms with E-state index in [0.717, 1.165) is 29.6 Å². The number of halogens is 3. The predicted molar refractivity (Wildman–Crippen MR) is 90.1 cm³/mol. The van der Waals surface area contributed by atoms with Crippen molar-refractivity contribution in [2.75, 3.05) is 12.4 Å². The van der Waals surface area contributed by atoms with Crippen LogP contribution >= 0.6 is 11.3 Å². The molecule has 0 aliphatic carbocycles. The number of aromatic nitrogens is 1. The topological polar surface area (TPSA) is 85.4 Å². The zero-order valence-electron chi connectivity index (χ0n) is 13.8. The van der Waals surface area contributed by atoms with Gasteiger partial charge in [-0.25, -0.2) is 13.4 Å². The molecular weight excluding hydrogens is 393 g/mol. The zero-order chi connectivity index (χ0) is 19.5. The van der Waals surface area contributed by atoms with Gasteiger partial charge < -0.3 is 10.1 Å². The molecule has 0 saturated heterocycles. The number of aryl methyl sites for hydroxylation is 1. The highest BCUT2D eigenvalue weighted by molar-refractivity contribution is 7.92. The number of carbonyl (C=O) groups is 1. The van der Waals surface area contributed by atoms with Crippen molar-refractivity contribution in [2.24, 2.45) is 0 Å². The van der Waals surface area contributed by atoms with Gasteiger partial charge in [0.05, 0.1) is 34.8 Å². The predicted octanol–water partition coefficient (Wildman–Crippen LogP) is 3.19. The summed E-state index contributed by atoms with van der Waals surface area (Å²) in [6, 6.07) is 2.54. The molecule has 0 saturated carbocycles. The maximum Gasteiger partial charge on any atom is 0.501 e. The number of carbonyl (C=O) groups excluding carboxylic acids is 1. The fourth-order valence-electron chi connectivity index (χ4n) is 2.04. The van der Waals surface area contributed by atoms with E-state index in [1.54, 1.807) is 5.38 Å². The van der Waals surface area contributed by atoms with E-state index in [0.29, 0.717) is 5.69 Å². The Morgan fingerprint density at radius 3 is 2.58 bits per heavy atom. The molecule has 1 heterocycles. The first-order chi connectivity index (χ1) is 12.1. The number of amides is 1. The number of ether oxygens (including phenoxy) is 1. The monoisotopic (exact) mass is 408 g/mol. The van der Waals surface area contributed by atoms with Crippen LogP contribution in [0.2, 0.25) is 0 Å². The van der Waals surface area contributed by atoms with E-state index >= 15 is 0 Å². The molecule has 0 radical (unpaired) electrons. The number of nitrogens with zero attached hydrogens (tertiary/aromatic N) is 1. The highest BCUT2D eigenvalue weighted by atomic mass is 32.2. The van der Waals surface area contributed by atoms with E-state index in [2.05, 4.69) is 10.3 Å². The Balaban J connectivity index is 2.27. The number of anilines is 1. The van der Waals surface area contributed by atoms with Gasteiger partial charge in [-0.2, -0.15) is 13.2 Å². The summed E-state index contributed by atoms with van der Waals surface area (Å²) < 4.78 is 66.1. The fraction of sp³-hybridized carbons (Fsp3) is 0.333. The van der Waals surface area contributed by atoms with Crippen LogP contribution in [0.3, 0.4) is 0 Å². The van der Waals surface area contributed by atoms with Crippen molar-refractivity contribution < 1.29 is 31.1 Å². The summed E-state index contributed by atoms with van der Waals surface area (Å²) in [5.74, 6) is -0.523. The summed E-state index contributed by atoms with van der Waals surface area (Å²) in [5, 5.41) is 4.93. The van der Waals surface area contributed by atoms with E-state index in [4.69, 9.17) is 4.74 Å². The molecule has 6 nitrogen and oxygen atoms in total. The summed E-state index contributed by atoms with van der Waals surface area (Å²) >= 11 is 1.39. The number of benzene rings is 1. The van der Waals surface area contributed by atoms with Gasteiger partial charge >= 0.3 is 5.51 Å². The van der Waals surface area contributed by atoms with Gasteiger partial charge in [-0.3, -0.25) is 4.79 Å².